The topological polar surface area (TPSA) is 21.3 Å². The highest BCUT2D eigenvalue weighted by atomic mass is 19.1. The number of benzene rings is 2. The van der Waals surface area contributed by atoms with E-state index in [9.17, 15) is 4.39 Å². The van der Waals surface area contributed by atoms with Gasteiger partial charge in [0, 0.05) is 6.54 Å². The summed E-state index contributed by atoms with van der Waals surface area (Å²) in [5, 5.41) is 3.27. The van der Waals surface area contributed by atoms with E-state index in [2.05, 4.69) is 12.2 Å². The van der Waals surface area contributed by atoms with Crippen LogP contribution in [0.1, 0.15) is 18.1 Å². The van der Waals surface area contributed by atoms with E-state index < -0.39 is 0 Å². The third kappa shape index (κ3) is 4.38. The van der Waals surface area contributed by atoms with Crippen LogP contribution in [0.25, 0.3) is 0 Å². The monoisotopic (exact) mass is 259 g/mol. The maximum absolute atomic E-state index is 13.0. The van der Waals surface area contributed by atoms with Crippen molar-refractivity contribution < 1.29 is 9.13 Å². The van der Waals surface area contributed by atoms with Crippen LogP contribution in [-0.4, -0.2) is 6.54 Å². The molecule has 0 heterocycles. The van der Waals surface area contributed by atoms with Gasteiger partial charge in [-0.1, -0.05) is 31.2 Å². The number of hydrogen-bond acceptors (Lipinski definition) is 2. The lowest BCUT2D eigenvalue weighted by molar-refractivity contribution is 0.305. The van der Waals surface area contributed by atoms with Gasteiger partial charge in [-0.2, -0.15) is 0 Å². The zero-order chi connectivity index (χ0) is 13.5. The minimum absolute atomic E-state index is 0.234. The third-order valence-corrected chi connectivity index (χ3v) is 2.80. The molecule has 2 nitrogen and oxygen atoms in total. The standard InChI is InChI=1S/C16H18FNO/c1-2-18-11-13-6-8-16(9-7-13)19-12-14-4-3-5-15(17)10-14/h3-10,18H,2,11-12H2,1H3. The lowest BCUT2D eigenvalue weighted by atomic mass is 10.2. The van der Waals surface area contributed by atoms with Gasteiger partial charge in [-0.15, -0.1) is 0 Å². The van der Waals surface area contributed by atoms with E-state index in [1.165, 1.54) is 17.7 Å². The Morgan fingerprint density at radius 3 is 2.53 bits per heavy atom. The van der Waals surface area contributed by atoms with Crippen molar-refractivity contribution in [3.05, 3.63) is 65.5 Å². The summed E-state index contributed by atoms with van der Waals surface area (Å²) in [5.74, 6) is 0.562. The summed E-state index contributed by atoms with van der Waals surface area (Å²) in [6.45, 7) is 4.28. The molecular weight excluding hydrogens is 241 g/mol. The summed E-state index contributed by atoms with van der Waals surface area (Å²) in [6.07, 6.45) is 0. The van der Waals surface area contributed by atoms with E-state index in [0.29, 0.717) is 6.61 Å². The molecule has 0 saturated heterocycles. The molecule has 0 fully saturated rings. The maximum Gasteiger partial charge on any atom is 0.123 e. The Morgan fingerprint density at radius 2 is 1.84 bits per heavy atom. The lowest BCUT2D eigenvalue weighted by Crippen LogP contribution is -2.11. The van der Waals surface area contributed by atoms with E-state index >= 15 is 0 Å². The molecule has 2 aromatic rings. The molecule has 3 heteroatoms. The highest BCUT2D eigenvalue weighted by Gasteiger charge is 1.98. The van der Waals surface area contributed by atoms with Gasteiger partial charge >= 0.3 is 0 Å². The summed E-state index contributed by atoms with van der Waals surface area (Å²) < 4.78 is 18.6. The van der Waals surface area contributed by atoms with Crippen molar-refractivity contribution in [1.29, 1.82) is 0 Å². The Morgan fingerprint density at radius 1 is 1.05 bits per heavy atom. The van der Waals surface area contributed by atoms with Crippen LogP contribution in [0.5, 0.6) is 5.75 Å². The summed E-state index contributed by atoms with van der Waals surface area (Å²) >= 11 is 0. The van der Waals surface area contributed by atoms with Crippen LogP contribution >= 0.6 is 0 Å². The highest BCUT2D eigenvalue weighted by Crippen LogP contribution is 2.14. The Kier molecular flexibility index (Phi) is 4.93. The summed E-state index contributed by atoms with van der Waals surface area (Å²) in [4.78, 5) is 0. The Balaban J connectivity index is 1.89. The predicted octanol–water partition coefficient (Wildman–Crippen LogP) is 3.51. The molecule has 0 aromatic heterocycles. The summed E-state index contributed by atoms with van der Waals surface area (Å²) in [5.41, 5.74) is 2.05. The first-order chi connectivity index (χ1) is 9.28. The minimum atomic E-state index is -0.234. The van der Waals surface area contributed by atoms with E-state index in [1.54, 1.807) is 6.07 Å². The fourth-order valence-electron chi connectivity index (χ4n) is 1.77. The second-order valence-electron chi connectivity index (χ2n) is 4.34. The predicted molar refractivity (Wildman–Crippen MR) is 74.6 cm³/mol. The van der Waals surface area contributed by atoms with Gasteiger partial charge in [0.2, 0.25) is 0 Å². The molecule has 100 valence electrons. The van der Waals surface area contributed by atoms with Crippen molar-refractivity contribution >= 4 is 0 Å². The second kappa shape index (κ2) is 6.90. The molecule has 0 aliphatic rings. The summed E-state index contributed by atoms with van der Waals surface area (Å²) in [6, 6.07) is 14.4. The second-order valence-corrected chi connectivity index (χ2v) is 4.34. The van der Waals surface area contributed by atoms with Crippen molar-refractivity contribution in [2.75, 3.05) is 6.54 Å². The Labute approximate surface area is 113 Å². The Bertz CT molecular complexity index is 510. The molecule has 0 amide bonds. The molecule has 0 aliphatic heterocycles. The molecule has 2 aromatic carbocycles. The van der Waals surface area contributed by atoms with Crippen molar-refractivity contribution in [2.24, 2.45) is 0 Å². The van der Waals surface area contributed by atoms with Crippen LogP contribution in [0.2, 0.25) is 0 Å². The van der Waals surface area contributed by atoms with Gasteiger partial charge in [-0.25, -0.2) is 4.39 Å². The van der Waals surface area contributed by atoms with Crippen LogP contribution in [0.3, 0.4) is 0 Å². The van der Waals surface area contributed by atoms with Crippen LogP contribution in [0.4, 0.5) is 4.39 Å². The normalized spacial score (nSPS) is 10.4. The molecule has 0 bridgehead atoms. The Hall–Kier alpha value is -1.87. The van der Waals surface area contributed by atoms with Gasteiger partial charge < -0.3 is 10.1 Å². The molecule has 2 rings (SSSR count). The van der Waals surface area contributed by atoms with Gasteiger partial charge in [0.05, 0.1) is 0 Å². The number of halogens is 1. The van der Waals surface area contributed by atoms with E-state index in [-0.39, 0.29) is 5.82 Å². The van der Waals surface area contributed by atoms with Crippen molar-refractivity contribution in [3.8, 4) is 5.75 Å². The molecule has 0 aliphatic carbocycles. The zero-order valence-electron chi connectivity index (χ0n) is 11.0. The number of ether oxygens (including phenoxy) is 1. The summed E-state index contributed by atoms with van der Waals surface area (Å²) in [7, 11) is 0. The average molecular weight is 259 g/mol. The molecule has 0 unspecified atom stereocenters. The lowest BCUT2D eigenvalue weighted by Gasteiger charge is -2.08. The third-order valence-electron chi connectivity index (χ3n) is 2.80. The van der Waals surface area contributed by atoms with E-state index in [4.69, 9.17) is 4.74 Å². The highest BCUT2D eigenvalue weighted by molar-refractivity contribution is 5.27. The first-order valence-electron chi connectivity index (χ1n) is 6.45. The zero-order valence-corrected chi connectivity index (χ0v) is 11.0. The molecule has 0 spiro atoms. The van der Waals surface area contributed by atoms with Gasteiger partial charge in [-0.3, -0.25) is 0 Å². The molecule has 19 heavy (non-hydrogen) atoms. The van der Waals surface area contributed by atoms with Crippen molar-refractivity contribution in [2.45, 2.75) is 20.1 Å². The number of hydrogen-bond donors (Lipinski definition) is 1. The minimum Gasteiger partial charge on any atom is -0.489 e. The van der Waals surface area contributed by atoms with Crippen LogP contribution in [-0.2, 0) is 13.2 Å². The molecule has 0 radical (unpaired) electrons. The average Bonchev–Trinajstić information content (AvgIpc) is 2.44. The van der Waals surface area contributed by atoms with Gasteiger partial charge in [0.15, 0.2) is 0 Å². The van der Waals surface area contributed by atoms with Crippen LogP contribution in [0.15, 0.2) is 48.5 Å². The first-order valence-corrected chi connectivity index (χ1v) is 6.45. The van der Waals surface area contributed by atoms with Gasteiger partial charge in [0.25, 0.3) is 0 Å². The largest absolute Gasteiger partial charge is 0.489 e. The smallest absolute Gasteiger partial charge is 0.123 e. The van der Waals surface area contributed by atoms with Crippen molar-refractivity contribution in [3.63, 3.8) is 0 Å². The number of rotatable bonds is 6. The van der Waals surface area contributed by atoms with Crippen LogP contribution in [0, 0.1) is 5.82 Å². The van der Waals surface area contributed by atoms with Gasteiger partial charge in [0.1, 0.15) is 18.2 Å². The molecular formula is C16H18FNO. The van der Waals surface area contributed by atoms with Crippen molar-refractivity contribution in [1.82, 2.24) is 5.32 Å². The molecule has 1 N–H and O–H groups in total. The first kappa shape index (κ1) is 13.6. The molecule has 0 atom stereocenters. The number of nitrogens with one attached hydrogen (secondary N) is 1. The van der Waals surface area contributed by atoms with E-state index in [1.807, 2.05) is 30.3 Å². The maximum atomic E-state index is 13.0. The molecule has 0 saturated carbocycles. The van der Waals surface area contributed by atoms with E-state index in [0.717, 1.165) is 24.4 Å². The fraction of sp³-hybridized carbons (Fsp3) is 0.250. The fourth-order valence-corrected chi connectivity index (χ4v) is 1.77. The van der Waals surface area contributed by atoms with Gasteiger partial charge in [-0.05, 0) is 41.9 Å². The van der Waals surface area contributed by atoms with Crippen LogP contribution < -0.4 is 10.1 Å². The SMILES string of the molecule is CCNCc1ccc(OCc2cccc(F)c2)cc1. The quantitative estimate of drug-likeness (QED) is 0.857.